The van der Waals surface area contributed by atoms with Crippen LogP contribution in [-0.4, -0.2) is 4.89 Å². The third-order valence-electron chi connectivity index (χ3n) is 1.21. The summed E-state index contributed by atoms with van der Waals surface area (Å²) in [6, 6.07) is 25.0. The van der Waals surface area contributed by atoms with Gasteiger partial charge in [0.2, 0.25) is 0 Å². The smallest absolute Gasteiger partial charge is 0.310 e. The first-order valence-corrected chi connectivity index (χ1v) is 4.97. The molecule has 0 bridgehead atoms. The van der Waals surface area contributed by atoms with Crippen LogP contribution in [0.1, 0.15) is 0 Å². The fourth-order valence-electron chi connectivity index (χ4n) is 0.684. The second-order valence-electron chi connectivity index (χ2n) is 2.24. The molecule has 78 valence electrons. The van der Waals surface area contributed by atoms with Crippen molar-refractivity contribution in [1.29, 1.82) is 0 Å². The maximum absolute atomic E-state index is 8.46. The maximum Gasteiger partial charge on any atom is 2.00 e. The molecule has 0 unspecified atom stereocenters. The average Bonchev–Trinajstić information content (AvgIpc) is 2.35. The van der Waals surface area contributed by atoms with Gasteiger partial charge in [-0.15, -0.1) is 0 Å². The molecule has 2 aromatic rings. The summed E-state index contributed by atoms with van der Waals surface area (Å²) < 4.78 is 8.46. The minimum absolute atomic E-state index is 0. The summed E-state index contributed by atoms with van der Waals surface area (Å²) in [6.07, 6.45) is 0. The largest absolute Gasteiger partial charge is 2.00 e. The molecule has 16 heavy (non-hydrogen) atoms. The quantitative estimate of drug-likeness (QED) is 0.458. The second-order valence-corrected chi connectivity index (χ2v) is 2.40. The van der Waals surface area contributed by atoms with E-state index >= 15 is 0 Å². The molecule has 0 radical (unpaired) electrons. The monoisotopic (exact) mass is 282 g/mol. The fourth-order valence-corrected chi connectivity index (χ4v) is 0.684. The van der Waals surface area contributed by atoms with E-state index in [9.17, 15) is 0 Å². The molecular weight excluding hydrogens is 272 g/mol. The summed E-state index contributed by atoms with van der Waals surface area (Å²) in [6.45, 7) is 0. The Morgan fingerprint density at radius 2 is 1.00 bits per heavy atom. The number of hydrogen-bond donors (Lipinski definition) is 1. The van der Waals surface area contributed by atoms with Crippen LogP contribution in [-0.2, 0) is 24.0 Å². The molecule has 2 rings (SSSR count). The van der Waals surface area contributed by atoms with Gasteiger partial charge in [-0.1, -0.05) is 0 Å². The zero-order valence-electron chi connectivity index (χ0n) is 8.78. The third-order valence-corrected chi connectivity index (χ3v) is 1.21. The summed E-state index contributed by atoms with van der Waals surface area (Å²) in [4.78, 5) is 6.99. The van der Waals surface area contributed by atoms with Crippen molar-refractivity contribution in [3.63, 3.8) is 0 Å². The Labute approximate surface area is 110 Å². The van der Waals surface area contributed by atoms with E-state index in [0.717, 1.165) is 0 Å². The van der Waals surface area contributed by atoms with E-state index in [-0.39, 0.29) is 19.5 Å². The van der Waals surface area contributed by atoms with E-state index < -0.39 is 8.69 Å². The Balaban J connectivity index is 0. The molecule has 0 spiro atoms. The molecule has 0 heterocycles. The Morgan fingerprint density at radius 1 is 0.750 bits per heavy atom. The van der Waals surface area contributed by atoms with Gasteiger partial charge in [-0.25, -0.2) is 4.57 Å². The first-order valence-electron chi connectivity index (χ1n) is 4.20. The molecule has 0 aliphatic rings. The summed E-state index contributed by atoms with van der Waals surface area (Å²) in [5.74, 6) is 0. The molecule has 0 aromatic heterocycles. The van der Waals surface area contributed by atoms with Crippen molar-refractivity contribution in [1.82, 2.24) is 0 Å². The van der Waals surface area contributed by atoms with Crippen molar-refractivity contribution in [2.45, 2.75) is 0 Å². The first-order chi connectivity index (χ1) is 7.41. The van der Waals surface area contributed by atoms with Crippen LogP contribution < -0.4 is 0 Å². The van der Waals surface area contributed by atoms with Crippen LogP contribution in [0.15, 0.2) is 60.7 Å². The van der Waals surface area contributed by atoms with Crippen molar-refractivity contribution < 1.29 is 28.9 Å². The molecule has 2 nitrogen and oxygen atoms in total. The summed E-state index contributed by atoms with van der Waals surface area (Å²) in [5, 5.41) is 0. The van der Waals surface area contributed by atoms with E-state index in [0.29, 0.717) is 0 Å². The van der Waals surface area contributed by atoms with Crippen LogP contribution in [0.25, 0.3) is 0 Å². The van der Waals surface area contributed by atoms with Crippen LogP contribution in [0.4, 0.5) is 0 Å². The third kappa shape index (κ3) is 15.6. The average molecular weight is 284 g/mol. The maximum atomic E-state index is 8.46. The molecule has 0 saturated heterocycles. The van der Waals surface area contributed by atoms with Gasteiger partial charge in [0.15, 0.2) is 0 Å². The van der Waals surface area contributed by atoms with Gasteiger partial charge in [-0.05, 0) is 0 Å². The van der Waals surface area contributed by atoms with E-state index in [1.54, 1.807) is 0 Å². The molecule has 0 atom stereocenters. The molecule has 0 aliphatic carbocycles. The number of benzene rings is 2. The van der Waals surface area contributed by atoms with E-state index in [4.69, 9.17) is 9.46 Å². The molecule has 0 amide bonds. The van der Waals surface area contributed by atoms with Crippen LogP contribution in [0.3, 0.4) is 0 Å². The van der Waals surface area contributed by atoms with Crippen LogP contribution in [0, 0.1) is 12.1 Å². The fraction of sp³-hybridized carbons (Fsp3) is 0. The second kappa shape index (κ2) is 16.5. The standard InChI is InChI=1S/2C6H5.HO2P.Zn/c2*1-2-4-6-5-3-1;1-3-2;/h2*1-5H;(H,1,2);/q2*-1;;+2. The van der Waals surface area contributed by atoms with Gasteiger partial charge in [-0.3, -0.25) is 0 Å². The van der Waals surface area contributed by atoms with E-state index in [2.05, 4.69) is 12.1 Å². The van der Waals surface area contributed by atoms with E-state index in [1.807, 2.05) is 60.7 Å². The minimum Gasteiger partial charge on any atom is -0.310 e. The predicted octanol–water partition coefficient (Wildman–Crippen LogP) is 3.16. The summed E-state index contributed by atoms with van der Waals surface area (Å²) >= 11 is 0. The van der Waals surface area contributed by atoms with Crippen molar-refractivity contribution >= 4 is 8.69 Å². The Hall–Kier alpha value is -0.877. The Morgan fingerprint density at radius 3 is 1.06 bits per heavy atom. The van der Waals surface area contributed by atoms with Crippen molar-refractivity contribution in [3.05, 3.63) is 72.8 Å². The van der Waals surface area contributed by atoms with Gasteiger partial charge >= 0.3 is 28.2 Å². The van der Waals surface area contributed by atoms with Gasteiger partial charge in [0.1, 0.15) is 0 Å². The SMILES string of the molecule is O=PO.[Zn+2].[c-]1ccccc1.[c-]1ccccc1. The van der Waals surface area contributed by atoms with Crippen LogP contribution >= 0.6 is 8.69 Å². The zero-order chi connectivity index (χ0) is 11.2. The molecule has 0 aliphatic heterocycles. The predicted molar refractivity (Wildman–Crippen MR) is 60.4 cm³/mol. The zero-order valence-corrected chi connectivity index (χ0v) is 12.6. The Bertz CT molecular complexity index is 231. The van der Waals surface area contributed by atoms with Crippen molar-refractivity contribution in [3.8, 4) is 0 Å². The first kappa shape index (κ1) is 17.5. The Kier molecular flexibility index (Phi) is 18.1. The number of rotatable bonds is 0. The van der Waals surface area contributed by atoms with Crippen LogP contribution in [0.5, 0.6) is 0 Å². The minimum atomic E-state index is -0.833. The molecule has 1 N–H and O–H groups in total. The molecule has 0 fully saturated rings. The van der Waals surface area contributed by atoms with Gasteiger partial charge < -0.3 is 4.89 Å². The normalized spacial score (nSPS) is 7.31. The molecular formula is C12H11O2PZn. The van der Waals surface area contributed by atoms with Gasteiger partial charge in [-0.2, -0.15) is 72.8 Å². The van der Waals surface area contributed by atoms with Crippen molar-refractivity contribution in [2.24, 2.45) is 0 Å². The van der Waals surface area contributed by atoms with Crippen molar-refractivity contribution in [2.75, 3.05) is 0 Å². The number of hydrogen-bond acceptors (Lipinski definition) is 1. The van der Waals surface area contributed by atoms with Gasteiger partial charge in [0, 0.05) is 0 Å². The van der Waals surface area contributed by atoms with E-state index in [1.165, 1.54) is 0 Å². The molecule has 4 heteroatoms. The summed E-state index contributed by atoms with van der Waals surface area (Å²) in [5.41, 5.74) is 0. The topological polar surface area (TPSA) is 37.3 Å². The van der Waals surface area contributed by atoms with Crippen LogP contribution in [0.2, 0.25) is 0 Å². The molecule has 2 aromatic carbocycles. The summed E-state index contributed by atoms with van der Waals surface area (Å²) in [7, 11) is -0.833. The van der Waals surface area contributed by atoms with Gasteiger partial charge in [0.05, 0.1) is 0 Å². The van der Waals surface area contributed by atoms with Gasteiger partial charge in [0.25, 0.3) is 0 Å². The molecule has 0 saturated carbocycles.